The van der Waals surface area contributed by atoms with Crippen LogP contribution in [0.25, 0.3) is 11.7 Å². The summed E-state index contributed by atoms with van der Waals surface area (Å²) >= 11 is 0. The Morgan fingerprint density at radius 2 is 1.97 bits per heavy atom. The molecule has 2 N–H and O–H groups in total. The van der Waals surface area contributed by atoms with E-state index in [0.29, 0.717) is 17.8 Å². The van der Waals surface area contributed by atoms with Crippen LogP contribution in [-0.4, -0.2) is 55.1 Å². The molecule has 2 amide bonds. The van der Waals surface area contributed by atoms with Gasteiger partial charge in [-0.2, -0.15) is 9.61 Å². The van der Waals surface area contributed by atoms with Crippen LogP contribution < -0.4 is 10.9 Å². The zero-order valence-corrected chi connectivity index (χ0v) is 18.0. The van der Waals surface area contributed by atoms with Crippen LogP contribution in [0.5, 0.6) is 5.88 Å². The average Bonchev–Trinajstić information content (AvgIpc) is 3.45. The predicted molar refractivity (Wildman–Crippen MR) is 116 cm³/mol. The van der Waals surface area contributed by atoms with Crippen LogP contribution in [0.4, 0.5) is 0 Å². The van der Waals surface area contributed by atoms with Gasteiger partial charge in [-0.15, -0.1) is 0 Å². The zero-order valence-electron chi connectivity index (χ0n) is 18.0. The van der Waals surface area contributed by atoms with E-state index in [1.54, 1.807) is 6.08 Å². The lowest BCUT2D eigenvalue weighted by molar-refractivity contribution is -0.126. The monoisotopic (exact) mass is 427 g/mol. The maximum absolute atomic E-state index is 13.0. The molecule has 0 atom stereocenters. The van der Waals surface area contributed by atoms with E-state index in [9.17, 15) is 19.5 Å². The fourth-order valence-electron chi connectivity index (χ4n) is 3.93. The maximum atomic E-state index is 13.0. The molecule has 31 heavy (non-hydrogen) atoms. The number of amides is 2. The van der Waals surface area contributed by atoms with Gasteiger partial charge in [-0.25, -0.2) is 0 Å². The summed E-state index contributed by atoms with van der Waals surface area (Å²) in [4.78, 5) is 40.0. The average molecular weight is 428 g/mol. The second kappa shape index (κ2) is 8.56. The minimum absolute atomic E-state index is 0.0532. The number of piperidine rings is 1. The summed E-state index contributed by atoms with van der Waals surface area (Å²) < 4.78 is 2.67. The number of fused-ring (bicyclic) bond motifs is 1. The van der Waals surface area contributed by atoms with Crippen LogP contribution in [-0.2, 0) is 11.3 Å². The van der Waals surface area contributed by atoms with Gasteiger partial charge in [0.25, 0.3) is 11.5 Å². The first-order chi connectivity index (χ1) is 14.9. The molecule has 9 heteroatoms. The molecule has 3 heterocycles. The third-order valence-corrected chi connectivity index (χ3v) is 5.67. The summed E-state index contributed by atoms with van der Waals surface area (Å²) in [6.07, 6.45) is 9.48. The van der Waals surface area contributed by atoms with Crippen molar-refractivity contribution >= 4 is 23.5 Å². The summed E-state index contributed by atoms with van der Waals surface area (Å²) in [5.74, 6) is -0.904. The topological polar surface area (TPSA) is 109 Å². The van der Waals surface area contributed by atoms with E-state index < -0.39 is 11.5 Å². The highest BCUT2D eigenvalue weighted by molar-refractivity contribution is 5.97. The smallest absolute Gasteiger partial charge is 0.291 e. The van der Waals surface area contributed by atoms with Gasteiger partial charge in [0.05, 0.1) is 6.20 Å². The number of hydrogen-bond donors (Lipinski definition) is 2. The Morgan fingerprint density at radius 3 is 2.61 bits per heavy atom. The zero-order chi connectivity index (χ0) is 22.1. The Labute approximate surface area is 180 Å². The lowest BCUT2D eigenvalue weighted by Gasteiger charge is -2.25. The van der Waals surface area contributed by atoms with E-state index in [2.05, 4.69) is 10.4 Å². The summed E-state index contributed by atoms with van der Waals surface area (Å²) in [5.41, 5.74) is -0.0786. The number of nitrogens with zero attached hydrogens (tertiary/aromatic N) is 4. The largest absolute Gasteiger partial charge is 0.494 e. The van der Waals surface area contributed by atoms with Gasteiger partial charge in [0.1, 0.15) is 5.65 Å². The molecule has 0 unspecified atom stereocenters. The van der Waals surface area contributed by atoms with Crippen LogP contribution in [0.15, 0.2) is 17.1 Å². The Morgan fingerprint density at radius 1 is 1.26 bits per heavy atom. The first-order valence-corrected chi connectivity index (χ1v) is 11.0. The molecule has 1 aliphatic carbocycles. The number of nitrogens with one attached hydrogen (secondary N) is 1. The molecule has 0 spiro atoms. The van der Waals surface area contributed by atoms with Gasteiger partial charge in [0, 0.05) is 37.3 Å². The number of carbonyl (C=O) groups excluding carboxylic acids is 2. The molecule has 0 bridgehead atoms. The Kier molecular flexibility index (Phi) is 5.84. The van der Waals surface area contributed by atoms with Gasteiger partial charge in [0.15, 0.2) is 5.56 Å². The molecule has 0 aromatic carbocycles. The van der Waals surface area contributed by atoms with Gasteiger partial charge < -0.3 is 15.3 Å². The van der Waals surface area contributed by atoms with Crippen molar-refractivity contribution in [3.05, 3.63) is 33.8 Å². The van der Waals surface area contributed by atoms with Crippen molar-refractivity contribution in [2.24, 2.45) is 5.92 Å². The number of aromatic hydroxyl groups is 1. The molecule has 1 aliphatic heterocycles. The molecule has 166 valence electrons. The van der Waals surface area contributed by atoms with E-state index >= 15 is 0 Å². The van der Waals surface area contributed by atoms with Gasteiger partial charge in [-0.05, 0) is 44.1 Å². The molecule has 1 saturated heterocycles. The second-order valence-electron chi connectivity index (χ2n) is 8.81. The van der Waals surface area contributed by atoms with E-state index in [-0.39, 0.29) is 29.3 Å². The van der Waals surface area contributed by atoms with Crippen molar-refractivity contribution in [1.82, 2.24) is 24.4 Å². The summed E-state index contributed by atoms with van der Waals surface area (Å²) in [6.45, 7) is 5.83. The Hall–Kier alpha value is -3.10. The number of carbonyl (C=O) groups is 2. The van der Waals surface area contributed by atoms with Crippen LogP contribution in [0.3, 0.4) is 0 Å². The van der Waals surface area contributed by atoms with E-state index in [1.165, 1.54) is 16.8 Å². The van der Waals surface area contributed by atoms with Crippen molar-refractivity contribution in [2.45, 2.75) is 58.5 Å². The molecule has 9 nitrogen and oxygen atoms in total. The van der Waals surface area contributed by atoms with Crippen LogP contribution in [0.1, 0.15) is 61.9 Å². The Bertz CT molecular complexity index is 1090. The van der Waals surface area contributed by atoms with Crippen LogP contribution in [0, 0.1) is 5.92 Å². The van der Waals surface area contributed by atoms with Crippen molar-refractivity contribution in [3.8, 4) is 5.88 Å². The summed E-state index contributed by atoms with van der Waals surface area (Å²) in [7, 11) is 0. The first kappa shape index (κ1) is 21.1. The number of hydrogen-bond acceptors (Lipinski definition) is 5. The Balaban J connectivity index is 1.75. The van der Waals surface area contributed by atoms with E-state index in [1.807, 2.05) is 18.7 Å². The molecule has 0 radical (unpaired) electrons. The fraction of sp³-hybridized carbons (Fsp3) is 0.545. The third-order valence-electron chi connectivity index (χ3n) is 5.67. The first-order valence-electron chi connectivity index (χ1n) is 11.0. The van der Waals surface area contributed by atoms with E-state index in [0.717, 1.165) is 49.7 Å². The molecular formula is C22H29N5O4. The number of likely N-dealkylation sites (tertiary alicyclic amines) is 1. The maximum Gasteiger partial charge on any atom is 0.291 e. The molecule has 2 aromatic heterocycles. The van der Waals surface area contributed by atoms with Crippen LogP contribution >= 0.6 is 0 Å². The third kappa shape index (κ3) is 4.35. The lowest BCUT2D eigenvalue weighted by atomic mass is 10.1. The SMILES string of the molecule is CC(C)Cn1c(O)c(C(=O)NC2CC2)c(=O)n2ncc(C=CC(=O)N3CCCCC3)c12. The highest BCUT2D eigenvalue weighted by Gasteiger charge is 2.29. The molecule has 2 fully saturated rings. The van der Waals surface area contributed by atoms with Crippen molar-refractivity contribution in [1.29, 1.82) is 0 Å². The highest BCUT2D eigenvalue weighted by atomic mass is 16.3. The minimum atomic E-state index is -0.673. The second-order valence-corrected chi connectivity index (χ2v) is 8.81. The predicted octanol–water partition coefficient (Wildman–Crippen LogP) is 1.78. The standard InChI is InChI=1S/C22H29N5O4/c1-14(2)13-26-20-15(6-9-17(28)25-10-4-3-5-11-25)12-23-27(20)22(31)18(21(26)30)19(29)24-16-7-8-16/h6,9,12,14,16,30H,3-5,7-8,10-11,13H2,1-2H3,(H,24,29). The van der Waals surface area contributed by atoms with Crippen LogP contribution in [0.2, 0.25) is 0 Å². The number of rotatable bonds is 6. The van der Waals surface area contributed by atoms with Gasteiger partial charge in [-0.3, -0.25) is 19.0 Å². The number of aromatic nitrogens is 3. The van der Waals surface area contributed by atoms with Crippen molar-refractivity contribution in [3.63, 3.8) is 0 Å². The molecule has 1 saturated carbocycles. The normalized spacial score (nSPS) is 17.1. The van der Waals surface area contributed by atoms with Crippen molar-refractivity contribution in [2.75, 3.05) is 13.1 Å². The molecule has 2 aliphatic rings. The minimum Gasteiger partial charge on any atom is -0.494 e. The highest BCUT2D eigenvalue weighted by Crippen LogP contribution is 2.24. The summed E-state index contributed by atoms with van der Waals surface area (Å²) in [5, 5.41) is 17.8. The van der Waals surface area contributed by atoms with E-state index in [4.69, 9.17) is 0 Å². The quantitative estimate of drug-likeness (QED) is 0.683. The molecular weight excluding hydrogens is 398 g/mol. The fourth-order valence-corrected chi connectivity index (χ4v) is 3.93. The van der Waals surface area contributed by atoms with Gasteiger partial charge in [0.2, 0.25) is 11.8 Å². The van der Waals surface area contributed by atoms with Crippen molar-refractivity contribution < 1.29 is 14.7 Å². The van der Waals surface area contributed by atoms with Gasteiger partial charge >= 0.3 is 0 Å². The lowest BCUT2D eigenvalue weighted by Crippen LogP contribution is -2.34. The molecule has 4 rings (SSSR count). The summed E-state index contributed by atoms with van der Waals surface area (Å²) in [6, 6.07) is 0.0532. The van der Waals surface area contributed by atoms with Gasteiger partial charge in [-0.1, -0.05) is 13.8 Å². The molecule has 2 aromatic rings.